The molecule has 3 rings (SSSR count). The van der Waals surface area contributed by atoms with Crippen LogP contribution in [0, 0.1) is 11.8 Å². The predicted molar refractivity (Wildman–Crippen MR) is 71.3 cm³/mol. The summed E-state index contributed by atoms with van der Waals surface area (Å²) in [7, 11) is 0. The average Bonchev–Trinajstić information content (AvgIpc) is 2.95. The van der Waals surface area contributed by atoms with Gasteiger partial charge in [0, 0.05) is 12.6 Å². The topological polar surface area (TPSA) is 87.7 Å². The summed E-state index contributed by atoms with van der Waals surface area (Å²) in [6.07, 6.45) is 5.39. The predicted octanol–water partition coefficient (Wildman–Crippen LogP) is 1.11. The summed E-state index contributed by atoms with van der Waals surface area (Å²) in [6.45, 7) is 0.719. The number of nitrogens with one attached hydrogen (secondary N) is 2. The van der Waals surface area contributed by atoms with E-state index in [0.717, 1.165) is 19.4 Å². The highest BCUT2D eigenvalue weighted by Crippen LogP contribution is 2.38. The molecule has 4 atom stereocenters. The van der Waals surface area contributed by atoms with E-state index in [1.165, 1.54) is 12.8 Å². The molecule has 1 saturated heterocycles. The molecule has 3 fully saturated rings. The summed E-state index contributed by atoms with van der Waals surface area (Å²) in [5, 5.41) is 14.9. The maximum absolute atomic E-state index is 12.0. The minimum absolute atomic E-state index is 0.0159. The second-order valence-corrected chi connectivity index (χ2v) is 6.23. The zero-order valence-corrected chi connectivity index (χ0v) is 11.5. The molecule has 1 heterocycles. The fraction of sp³-hybridized carbons (Fsp3) is 0.857. The number of carbonyl (C=O) groups is 2. The Morgan fingerprint density at radius 1 is 1.05 bits per heavy atom. The van der Waals surface area contributed by atoms with Crippen LogP contribution in [0.2, 0.25) is 0 Å². The van der Waals surface area contributed by atoms with Gasteiger partial charge < -0.3 is 20.5 Å². The Balaban J connectivity index is 1.44. The van der Waals surface area contributed by atoms with Gasteiger partial charge in [0.2, 0.25) is 0 Å². The molecule has 6 heteroatoms. The molecule has 2 unspecified atom stereocenters. The third-order valence-electron chi connectivity index (χ3n) is 4.66. The number of rotatable bonds is 4. The Bertz CT molecular complexity index is 397. The molecule has 0 aromatic heterocycles. The number of ether oxygens (including phenoxy) is 1. The van der Waals surface area contributed by atoms with E-state index in [2.05, 4.69) is 10.6 Å². The lowest BCUT2D eigenvalue weighted by atomic mass is 10.1. The largest absolute Gasteiger partial charge is 0.481 e. The highest BCUT2D eigenvalue weighted by atomic mass is 16.5. The molecular formula is C14H22N2O4. The third kappa shape index (κ3) is 3.06. The van der Waals surface area contributed by atoms with Crippen LogP contribution in [0.15, 0.2) is 0 Å². The molecule has 2 amide bonds. The first kappa shape index (κ1) is 13.7. The maximum atomic E-state index is 12.0. The lowest BCUT2D eigenvalue weighted by Gasteiger charge is -2.21. The van der Waals surface area contributed by atoms with Crippen molar-refractivity contribution in [3.05, 3.63) is 0 Å². The van der Waals surface area contributed by atoms with Gasteiger partial charge in [-0.3, -0.25) is 4.79 Å². The van der Waals surface area contributed by atoms with E-state index in [9.17, 15) is 9.59 Å². The Morgan fingerprint density at radius 3 is 2.50 bits per heavy atom. The van der Waals surface area contributed by atoms with E-state index in [1.807, 2.05) is 0 Å². The van der Waals surface area contributed by atoms with Gasteiger partial charge in [-0.15, -0.1) is 0 Å². The molecule has 0 radical (unpaired) electrons. The number of carboxylic acids is 1. The van der Waals surface area contributed by atoms with Crippen molar-refractivity contribution < 1.29 is 19.4 Å². The summed E-state index contributed by atoms with van der Waals surface area (Å²) in [6, 6.07) is -0.0841. The molecule has 1 aliphatic heterocycles. The summed E-state index contributed by atoms with van der Waals surface area (Å²) in [4.78, 5) is 22.9. The molecule has 20 heavy (non-hydrogen) atoms. The number of urea groups is 1. The van der Waals surface area contributed by atoms with E-state index in [4.69, 9.17) is 9.84 Å². The molecule has 0 spiro atoms. The van der Waals surface area contributed by atoms with E-state index < -0.39 is 5.97 Å². The maximum Gasteiger partial charge on any atom is 0.315 e. The summed E-state index contributed by atoms with van der Waals surface area (Å²) >= 11 is 0. The SMILES string of the molecule is O=C(NC1CCOC1C1CC1)N[C@H]1CC[C@@H](C(=O)O)C1. The first-order valence-electron chi connectivity index (χ1n) is 7.55. The number of hydrogen-bond acceptors (Lipinski definition) is 3. The number of amides is 2. The van der Waals surface area contributed by atoms with Crippen molar-refractivity contribution in [1.29, 1.82) is 0 Å². The van der Waals surface area contributed by atoms with Crippen molar-refractivity contribution in [2.75, 3.05) is 6.61 Å². The van der Waals surface area contributed by atoms with E-state index >= 15 is 0 Å². The minimum atomic E-state index is -0.757. The second-order valence-electron chi connectivity index (χ2n) is 6.23. The average molecular weight is 282 g/mol. The molecule has 0 bridgehead atoms. The second kappa shape index (κ2) is 5.60. The first-order valence-corrected chi connectivity index (χ1v) is 7.55. The summed E-state index contributed by atoms with van der Waals surface area (Å²) in [5.74, 6) is -0.451. The fourth-order valence-electron chi connectivity index (χ4n) is 3.39. The van der Waals surface area contributed by atoms with Crippen LogP contribution >= 0.6 is 0 Å². The first-order chi connectivity index (χ1) is 9.63. The molecule has 2 saturated carbocycles. The van der Waals surface area contributed by atoms with Gasteiger partial charge in [-0.1, -0.05) is 0 Å². The molecule has 3 aliphatic rings. The van der Waals surface area contributed by atoms with Crippen LogP contribution in [0.4, 0.5) is 4.79 Å². The molecule has 0 aromatic rings. The van der Waals surface area contributed by atoms with Crippen molar-refractivity contribution in [1.82, 2.24) is 10.6 Å². The van der Waals surface area contributed by atoms with Crippen LogP contribution in [-0.4, -0.2) is 41.9 Å². The Kier molecular flexibility index (Phi) is 3.83. The van der Waals surface area contributed by atoms with E-state index in [0.29, 0.717) is 18.8 Å². The van der Waals surface area contributed by atoms with Gasteiger partial charge >= 0.3 is 12.0 Å². The zero-order chi connectivity index (χ0) is 14.1. The quantitative estimate of drug-likeness (QED) is 0.720. The van der Waals surface area contributed by atoms with Crippen molar-refractivity contribution in [3.8, 4) is 0 Å². The third-order valence-corrected chi connectivity index (χ3v) is 4.66. The van der Waals surface area contributed by atoms with Crippen LogP contribution in [-0.2, 0) is 9.53 Å². The van der Waals surface area contributed by atoms with Crippen LogP contribution in [0.5, 0.6) is 0 Å². The fourth-order valence-corrected chi connectivity index (χ4v) is 3.39. The van der Waals surface area contributed by atoms with Gasteiger partial charge in [-0.05, 0) is 44.4 Å². The number of carboxylic acid groups (broad SMARTS) is 1. The molecular weight excluding hydrogens is 260 g/mol. The monoisotopic (exact) mass is 282 g/mol. The van der Waals surface area contributed by atoms with Crippen LogP contribution in [0.25, 0.3) is 0 Å². The lowest BCUT2D eigenvalue weighted by Crippen LogP contribution is -2.48. The van der Waals surface area contributed by atoms with Crippen molar-refractivity contribution >= 4 is 12.0 Å². The summed E-state index contributed by atoms with van der Waals surface area (Å²) < 4.78 is 5.69. The van der Waals surface area contributed by atoms with Gasteiger partial charge in [-0.2, -0.15) is 0 Å². The lowest BCUT2D eigenvalue weighted by molar-refractivity contribution is -0.141. The van der Waals surface area contributed by atoms with E-state index in [-0.39, 0.29) is 30.1 Å². The molecule has 112 valence electrons. The number of aliphatic carboxylic acids is 1. The van der Waals surface area contributed by atoms with Crippen molar-refractivity contribution in [2.24, 2.45) is 11.8 Å². The minimum Gasteiger partial charge on any atom is -0.481 e. The molecule has 0 aromatic carbocycles. The Morgan fingerprint density at radius 2 is 1.85 bits per heavy atom. The highest BCUT2D eigenvalue weighted by Gasteiger charge is 2.41. The van der Waals surface area contributed by atoms with Crippen molar-refractivity contribution in [2.45, 2.75) is 56.7 Å². The normalized spacial score (nSPS) is 36.8. The Labute approximate surface area is 118 Å². The standard InChI is InChI=1S/C14H22N2O4/c17-13(18)9-3-4-10(7-9)15-14(19)16-11-5-6-20-12(11)8-1-2-8/h8-12H,1-7H2,(H,17,18)(H2,15,16,19)/t9-,10+,11?,12?/m1/s1. The van der Waals surface area contributed by atoms with Crippen molar-refractivity contribution in [3.63, 3.8) is 0 Å². The molecule has 6 nitrogen and oxygen atoms in total. The highest BCUT2D eigenvalue weighted by molar-refractivity contribution is 5.75. The van der Waals surface area contributed by atoms with Gasteiger partial charge in [0.15, 0.2) is 0 Å². The Hall–Kier alpha value is -1.30. The van der Waals surface area contributed by atoms with Gasteiger partial charge in [0.05, 0.1) is 18.1 Å². The van der Waals surface area contributed by atoms with E-state index in [1.54, 1.807) is 0 Å². The number of hydrogen-bond donors (Lipinski definition) is 3. The van der Waals surface area contributed by atoms with Crippen LogP contribution in [0.1, 0.15) is 38.5 Å². The molecule has 2 aliphatic carbocycles. The van der Waals surface area contributed by atoms with Gasteiger partial charge in [0.25, 0.3) is 0 Å². The van der Waals surface area contributed by atoms with Crippen LogP contribution < -0.4 is 10.6 Å². The zero-order valence-electron chi connectivity index (χ0n) is 11.5. The van der Waals surface area contributed by atoms with Gasteiger partial charge in [-0.25, -0.2) is 4.79 Å². The van der Waals surface area contributed by atoms with Crippen LogP contribution in [0.3, 0.4) is 0 Å². The molecule has 3 N–H and O–H groups in total. The smallest absolute Gasteiger partial charge is 0.315 e. The van der Waals surface area contributed by atoms with Gasteiger partial charge in [0.1, 0.15) is 0 Å². The number of carbonyl (C=O) groups excluding carboxylic acids is 1. The summed E-state index contributed by atoms with van der Waals surface area (Å²) in [5.41, 5.74) is 0.